The lowest BCUT2D eigenvalue weighted by molar-refractivity contribution is -0.124. The summed E-state index contributed by atoms with van der Waals surface area (Å²) in [5.74, 6) is -0.917. The first-order valence-electron chi connectivity index (χ1n) is 11.9. The van der Waals surface area contributed by atoms with Crippen molar-refractivity contribution >= 4 is 21.3 Å². The smallest absolute Gasteiger partial charge is 0.221 e. The van der Waals surface area contributed by atoms with Gasteiger partial charge in [0.2, 0.25) is 5.91 Å². The molecule has 2 aliphatic rings. The number of nitrogens with one attached hydrogen (secondary N) is 1. The minimum Gasteiger partial charge on any atom is -0.370 e. The second kappa shape index (κ2) is 9.61. The summed E-state index contributed by atoms with van der Waals surface area (Å²) >= 11 is 0. The van der Waals surface area contributed by atoms with E-state index in [0.29, 0.717) is 48.9 Å². The van der Waals surface area contributed by atoms with Crippen molar-refractivity contribution in [3.05, 3.63) is 60.3 Å². The largest absolute Gasteiger partial charge is 0.370 e. The molecule has 11 heteroatoms. The monoisotopic (exact) mass is 514 g/mol. The van der Waals surface area contributed by atoms with E-state index in [1.165, 1.54) is 12.1 Å². The number of nitrogens with zero attached hydrogens (tertiary/aromatic N) is 4. The zero-order chi connectivity index (χ0) is 25.4. The van der Waals surface area contributed by atoms with Crippen molar-refractivity contribution in [1.82, 2.24) is 14.8 Å². The topological polar surface area (TPSA) is 118 Å². The average Bonchev–Trinajstić information content (AvgIpc) is 3.30. The lowest BCUT2D eigenvalue weighted by atomic mass is 9.75. The Bertz CT molecular complexity index is 1340. The number of carbonyl (C=O) groups excluding carboxylic acids is 1. The third-order valence-corrected chi connectivity index (χ3v) is 8.80. The molecule has 3 unspecified atom stereocenters. The molecule has 3 aromatic rings. The molecule has 1 saturated heterocycles. The highest BCUT2D eigenvalue weighted by Crippen LogP contribution is 2.42. The molecule has 1 saturated carbocycles. The van der Waals surface area contributed by atoms with Gasteiger partial charge in [-0.05, 0) is 49.1 Å². The van der Waals surface area contributed by atoms with Crippen LogP contribution in [0, 0.1) is 16.5 Å². The molecule has 3 N–H and O–H groups in total. The quantitative estimate of drug-likeness (QED) is 0.539. The van der Waals surface area contributed by atoms with Crippen LogP contribution >= 0.6 is 0 Å². The number of aromatic nitrogens is 3. The minimum atomic E-state index is -2.48. The Balaban J connectivity index is 1.52. The summed E-state index contributed by atoms with van der Waals surface area (Å²) in [5.41, 5.74) is 8.90. The zero-order valence-electron chi connectivity index (χ0n) is 19.6. The number of primary amides is 1. The van der Waals surface area contributed by atoms with Gasteiger partial charge in [0.15, 0.2) is 5.82 Å². The van der Waals surface area contributed by atoms with Gasteiger partial charge in [-0.15, -0.1) is 0 Å². The molecule has 8 nitrogen and oxygen atoms in total. The molecule has 1 aromatic carbocycles. The van der Waals surface area contributed by atoms with Crippen LogP contribution in [0.1, 0.15) is 30.9 Å². The van der Waals surface area contributed by atoms with Gasteiger partial charge in [-0.25, -0.2) is 22.7 Å². The second-order valence-corrected chi connectivity index (χ2v) is 11.9. The van der Waals surface area contributed by atoms with Crippen molar-refractivity contribution in [3.8, 4) is 16.9 Å². The number of pyridine rings is 1. The number of carbonyl (C=O) groups is 1. The molecule has 2 fully saturated rings. The molecular formula is C25H28F2N6O2S. The van der Waals surface area contributed by atoms with Crippen LogP contribution in [-0.4, -0.2) is 55.6 Å². The number of hydrogen-bond acceptors (Lipinski definition) is 6. The maximum atomic E-state index is 14.2. The lowest BCUT2D eigenvalue weighted by Crippen LogP contribution is -2.39. The Hall–Kier alpha value is -3.34. The van der Waals surface area contributed by atoms with Gasteiger partial charge in [-0.1, -0.05) is 12.1 Å². The summed E-state index contributed by atoms with van der Waals surface area (Å²) < 4.78 is 49.0. The Morgan fingerprint density at radius 2 is 1.83 bits per heavy atom. The predicted molar refractivity (Wildman–Crippen MR) is 134 cm³/mol. The van der Waals surface area contributed by atoms with E-state index in [1.54, 1.807) is 10.9 Å². The molecule has 2 aromatic heterocycles. The number of alkyl halides is 1. The zero-order valence-corrected chi connectivity index (χ0v) is 20.5. The van der Waals surface area contributed by atoms with E-state index in [0.717, 1.165) is 23.0 Å². The van der Waals surface area contributed by atoms with Gasteiger partial charge in [0, 0.05) is 63.6 Å². The van der Waals surface area contributed by atoms with Crippen LogP contribution < -0.4 is 10.6 Å². The second-order valence-electron chi connectivity index (χ2n) is 9.49. The van der Waals surface area contributed by atoms with Gasteiger partial charge < -0.3 is 10.6 Å². The molecule has 0 spiro atoms. The first-order chi connectivity index (χ1) is 17.2. The van der Waals surface area contributed by atoms with E-state index in [2.05, 4.69) is 9.88 Å². The van der Waals surface area contributed by atoms with E-state index >= 15 is 0 Å². The lowest BCUT2D eigenvalue weighted by Gasteiger charge is -2.31. The molecule has 1 amide bonds. The third kappa shape index (κ3) is 4.97. The van der Waals surface area contributed by atoms with Crippen LogP contribution in [-0.2, 0) is 14.5 Å². The number of hydrogen-bond donors (Lipinski definition) is 2. The standard InChI is InChI=1S/C25H28F2N6O2S/c26-17-3-7-20(21(13-17)25(28)34)24-22(15-33(31-24)23-8-4-18(27)14-30-23)16-1-5-19(6-2-16)32-9-11-36(29,35)12-10-32/h1-2,4-6,8,14-15,17,20-21,29H,3,7,9-13H2,(H2,28,34). The highest BCUT2D eigenvalue weighted by molar-refractivity contribution is 7.92. The third-order valence-electron chi connectivity index (χ3n) is 7.12. The number of benzene rings is 1. The molecule has 36 heavy (non-hydrogen) atoms. The maximum Gasteiger partial charge on any atom is 0.221 e. The molecule has 190 valence electrons. The summed E-state index contributed by atoms with van der Waals surface area (Å²) in [4.78, 5) is 18.5. The first-order valence-corrected chi connectivity index (χ1v) is 13.8. The van der Waals surface area contributed by atoms with Gasteiger partial charge in [0.1, 0.15) is 12.0 Å². The van der Waals surface area contributed by atoms with Crippen LogP contribution in [0.5, 0.6) is 0 Å². The fourth-order valence-corrected chi connectivity index (χ4v) is 6.34. The molecule has 1 aliphatic heterocycles. The van der Waals surface area contributed by atoms with Crippen molar-refractivity contribution in [3.63, 3.8) is 0 Å². The van der Waals surface area contributed by atoms with E-state index in [4.69, 9.17) is 15.6 Å². The molecule has 3 heterocycles. The number of anilines is 1. The minimum absolute atomic E-state index is 0.0637. The van der Waals surface area contributed by atoms with Gasteiger partial charge in [-0.3, -0.25) is 9.57 Å². The normalized spacial score (nSPS) is 23.9. The number of halogens is 2. The molecular weight excluding hydrogens is 486 g/mol. The van der Waals surface area contributed by atoms with Crippen LogP contribution in [0.2, 0.25) is 0 Å². The van der Waals surface area contributed by atoms with Crippen molar-refractivity contribution < 1.29 is 17.8 Å². The van der Waals surface area contributed by atoms with Gasteiger partial charge in [-0.2, -0.15) is 5.10 Å². The molecule has 0 bridgehead atoms. The summed E-state index contributed by atoms with van der Waals surface area (Å²) in [6.07, 6.45) is 2.65. The highest BCUT2D eigenvalue weighted by atomic mass is 32.2. The number of amides is 1. The molecule has 1 aliphatic carbocycles. The molecule has 3 atom stereocenters. The summed E-state index contributed by atoms with van der Waals surface area (Å²) in [7, 11) is -2.48. The number of nitrogens with two attached hydrogens (primary N) is 1. The van der Waals surface area contributed by atoms with E-state index in [9.17, 15) is 17.8 Å². The SMILES string of the molecule is N=S1(=O)CCN(c2ccc(-c3cn(-c4ccc(F)cn4)nc3C3CCC(F)CC3C(N)=O)cc2)CC1. The predicted octanol–water partition coefficient (Wildman–Crippen LogP) is 3.65. The van der Waals surface area contributed by atoms with Crippen molar-refractivity contribution in [2.24, 2.45) is 11.7 Å². The van der Waals surface area contributed by atoms with Crippen LogP contribution in [0.25, 0.3) is 16.9 Å². The Morgan fingerprint density at radius 3 is 2.47 bits per heavy atom. The van der Waals surface area contributed by atoms with E-state index in [-0.39, 0.29) is 12.3 Å². The van der Waals surface area contributed by atoms with Crippen molar-refractivity contribution in [2.45, 2.75) is 31.4 Å². The molecule has 0 radical (unpaired) electrons. The summed E-state index contributed by atoms with van der Waals surface area (Å²) in [5, 5.41) is 4.73. The van der Waals surface area contributed by atoms with Crippen molar-refractivity contribution in [2.75, 3.05) is 29.5 Å². The van der Waals surface area contributed by atoms with Crippen LogP contribution in [0.3, 0.4) is 0 Å². The van der Waals surface area contributed by atoms with Crippen molar-refractivity contribution in [1.29, 1.82) is 4.78 Å². The van der Waals surface area contributed by atoms with Gasteiger partial charge in [0.25, 0.3) is 0 Å². The van der Waals surface area contributed by atoms with E-state index in [1.807, 2.05) is 24.3 Å². The first kappa shape index (κ1) is 24.4. The molecule has 5 rings (SSSR count). The maximum absolute atomic E-state index is 14.2. The summed E-state index contributed by atoms with van der Waals surface area (Å²) in [6.45, 7) is 1.13. The highest BCUT2D eigenvalue weighted by Gasteiger charge is 2.38. The fraction of sp³-hybridized carbons (Fsp3) is 0.400. The Kier molecular flexibility index (Phi) is 6.50. The van der Waals surface area contributed by atoms with Gasteiger partial charge in [0.05, 0.1) is 11.9 Å². The van der Waals surface area contributed by atoms with Gasteiger partial charge >= 0.3 is 0 Å². The summed E-state index contributed by atoms with van der Waals surface area (Å²) in [6, 6.07) is 10.6. The van der Waals surface area contributed by atoms with E-state index < -0.39 is 33.5 Å². The van der Waals surface area contributed by atoms with Crippen LogP contribution in [0.4, 0.5) is 14.5 Å². The number of rotatable bonds is 5. The Labute approximate surface area is 208 Å². The fourth-order valence-electron chi connectivity index (χ4n) is 5.10. The average molecular weight is 515 g/mol. The van der Waals surface area contributed by atoms with Crippen LogP contribution in [0.15, 0.2) is 48.8 Å². The Morgan fingerprint density at radius 1 is 1.11 bits per heavy atom.